The minimum atomic E-state index is -0.859. The number of fused-ring (bicyclic) bond motifs is 4. The molecule has 8 aliphatic heterocycles. The molecule has 3 N–H and O–H groups in total. The third kappa shape index (κ3) is 9.43. The molecule has 3 aromatic rings. The van der Waals surface area contributed by atoms with Crippen LogP contribution in [-0.4, -0.2) is 121 Å². The Kier molecular flexibility index (Phi) is 14.1. The molecule has 9 heterocycles. The van der Waals surface area contributed by atoms with Crippen LogP contribution in [0.2, 0.25) is 0 Å². The normalized spacial score (nSPS) is 39.6. The molecule has 19 nitrogen and oxygen atoms in total. The minimum absolute atomic E-state index is 0.0587. The van der Waals surface area contributed by atoms with Gasteiger partial charge in [0.05, 0.1) is 27.4 Å². The Bertz CT molecular complexity index is 2190. The summed E-state index contributed by atoms with van der Waals surface area (Å²) in [7, 11) is 3.28. The molecule has 16 atom stereocenters. The van der Waals surface area contributed by atoms with E-state index in [2.05, 4.69) is 48.5 Å². The van der Waals surface area contributed by atoms with Gasteiger partial charge in [-0.3, -0.25) is 4.90 Å². The fraction of sp³-hybridized carbons (Fsp3) is 0.717. The molecule has 2 unspecified atom stereocenters. The highest BCUT2D eigenvalue weighted by atomic mass is 17.3. The Morgan fingerprint density at radius 3 is 1.44 bits per heavy atom. The Hall–Kier alpha value is -3.99. The minimum Gasteiger partial charge on any atom is -0.497 e. The summed E-state index contributed by atoms with van der Waals surface area (Å²) in [5, 5.41) is 10.1. The zero-order valence-electron chi connectivity index (χ0n) is 43.1. The molecular weight excluding hydrogens is 927 g/mol. The van der Waals surface area contributed by atoms with Gasteiger partial charge in [0.15, 0.2) is 36.4 Å². The van der Waals surface area contributed by atoms with E-state index in [0.717, 1.165) is 74.2 Å². The van der Waals surface area contributed by atoms with E-state index in [4.69, 9.17) is 72.4 Å². The standard InChI is InChI=1S/C53H75N7O12/c1-31-9-19-41-33(3)43(65-45-52(41)39(31)21-23-50(5,67-45)69-71-52)63-29-27-60(28-30-64-44-34(4)42-20-10-32(2)40-22-24-51(6)68-46(66-44)53(40,42)72-70-51)26-25-54-47-57-48(55-35-11-15-37(61-7)16-12-35)59-49(58-47)56-36-13-17-38(62-8)18-14-36/h11-18,31-34,39-46H,9-10,19-30H2,1-8H3,(H3,54,55,56,57,58,59)/t31-,32-,33-,34-,39+,40+,41+,42+,43?,44?,45-,46-,50+,51+,52-,53-/m1/s1. The lowest BCUT2D eigenvalue weighted by Crippen LogP contribution is -2.70. The van der Waals surface area contributed by atoms with E-state index >= 15 is 0 Å². The van der Waals surface area contributed by atoms with Gasteiger partial charge in [0.25, 0.3) is 0 Å². The predicted molar refractivity (Wildman–Crippen MR) is 263 cm³/mol. The second-order valence-corrected chi connectivity index (χ2v) is 22.1. The van der Waals surface area contributed by atoms with E-state index in [-0.39, 0.29) is 35.5 Å². The predicted octanol–water partition coefficient (Wildman–Crippen LogP) is 8.54. The lowest BCUT2D eigenvalue weighted by atomic mass is 9.58. The maximum absolute atomic E-state index is 6.80. The highest BCUT2D eigenvalue weighted by Crippen LogP contribution is 2.62. The van der Waals surface area contributed by atoms with E-state index in [9.17, 15) is 0 Å². The van der Waals surface area contributed by atoms with Crippen molar-refractivity contribution in [2.24, 2.45) is 47.3 Å². The number of nitrogens with one attached hydrogen (secondary N) is 3. The third-order valence-electron chi connectivity index (χ3n) is 17.6. The molecule has 72 heavy (non-hydrogen) atoms. The number of benzene rings is 2. The summed E-state index contributed by atoms with van der Waals surface area (Å²) in [6.45, 7) is 16.2. The second kappa shape index (κ2) is 20.3. The zero-order valence-corrected chi connectivity index (χ0v) is 43.1. The van der Waals surface area contributed by atoms with Crippen LogP contribution in [0.15, 0.2) is 48.5 Å². The highest BCUT2D eigenvalue weighted by molar-refractivity contribution is 5.60. The van der Waals surface area contributed by atoms with Gasteiger partial charge in [0.1, 0.15) is 11.5 Å². The smallest absolute Gasteiger partial charge is 0.233 e. The lowest BCUT2D eigenvalue weighted by Gasteiger charge is -2.60. The van der Waals surface area contributed by atoms with E-state index in [1.807, 2.05) is 62.4 Å². The summed E-state index contributed by atoms with van der Waals surface area (Å²) in [4.78, 5) is 41.5. The molecule has 19 heteroatoms. The van der Waals surface area contributed by atoms with E-state index < -0.39 is 47.9 Å². The number of hydrogen-bond acceptors (Lipinski definition) is 19. The fourth-order valence-corrected chi connectivity index (χ4v) is 13.6. The van der Waals surface area contributed by atoms with Crippen molar-refractivity contribution in [3.05, 3.63) is 48.5 Å². The maximum Gasteiger partial charge on any atom is 0.233 e. The van der Waals surface area contributed by atoms with Crippen molar-refractivity contribution in [2.75, 3.05) is 69.6 Å². The summed E-state index contributed by atoms with van der Waals surface area (Å²) in [6, 6.07) is 15.2. The largest absolute Gasteiger partial charge is 0.497 e. The molecule has 4 bridgehead atoms. The molecule has 13 rings (SSSR count). The van der Waals surface area contributed by atoms with E-state index in [0.29, 0.717) is 69.1 Å². The van der Waals surface area contributed by atoms with E-state index in [1.54, 1.807) is 14.2 Å². The molecule has 2 aliphatic carbocycles. The van der Waals surface area contributed by atoms with Crippen LogP contribution in [0.3, 0.4) is 0 Å². The molecule has 0 amide bonds. The van der Waals surface area contributed by atoms with Crippen LogP contribution in [0, 0.1) is 47.3 Å². The number of ether oxygens (including phenoxy) is 8. The Morgan fingerprint density at radius 2 is 1.00 bits per heavy atom. The number of rotatable bonds is 18. The molecule has 394 valence electrons. The maximum atomic E-state index is 6.80. The molecule has 8 saturated heterocycles. The van der Waals surface area contributed by atoms with Gasteiger partial charge in [-0.2, -0.15) is 15.0 Å². The summed E-state index contributed by atoms with van der Waals surface area (Å²) in [5.41, 5.74) is 0.282. The van der Waals surface area contributed by atoms with Gasteiger partial charge in [-0.25, -0.2) is 19.6 Å². The van der Waals surface area contributed by atoms with Crippen LogP contribution in [0.5, 0.6) is 11.5 Å². The van der Waals surface area contributed by atoms with Crippen molar-refractivity contribution in [3.8, 4) is 11.5 Å². The fourth-order valence-electron chi connectivity index (χ4n) is 13.6. The van der Waals surface area contributed by atoms with Gasteiger partial charge in [0, 0.05) is 74.1 Å². The molecule has 2 saturated carbocycles. The molecule has 10 fully saturated rings. The average Bonchev–Trinajstić information content (AvgIpc) is 3.75. The SMILES string of the molecule is COc1ccc(Nc2nc(NCCN(CCOC3O[C@@H]4O[C@]5(C)CC[C@H]6[C@H](C)CC[C@@H]([C@H]3C)[C@@]46OO5)CCOC3O[C@@H]4O[C@]5(C)CC[C@H]6[C@H](C)CC[C@@H]([C@H]3C)[C@@]46OO5)nc(Nc3ccc(OC)cc3)n2)cc1. The van der Waals surface area contributed by atoms with Crippen LogP contribution in [0.25, 0.3) is 0 Å². The first-order valence-corrected chi connectivity index (χ1v) is 26.5. The number of anilines is 5. The van der Waals surface area contributed by atoms with Gasteiger partial charge >= 0.3 is 0 Å². The number of hydrogen-bond donors (Lipinski definition) is 3. The Balaban J connectivity index is 0.789. The molecule has 10 aliphatic rings. The lowest BCUT2D eigenvalue weighted by molar-refractivity contribution is -0.577. The zero-order chi connectivity index (χ0) is 49.8. The quantitative estimate of drug-likeness (QED) is 0.103. The first-order chi connectivity index (χ1) is 34.8. The molecule has 2 aromatic carbocycles. The van der Waals surface area contributed by atoms with Crippen LogP contribution >= 0.6 is 0 Å². The number of aromatic nitrogens is 3. The van der Waals surface area contributed by atoms with Crippen LogP contribution < -0.4 is 25.4 Å². The van der Waals surface area contributed by atoms with Gasteiger partial charge in [-0.1, -0.05) is 27.7 Å². The highest BCUT2D eigenvalue weighted by Gasteiger charge is 2.71. The van der Waals surface area contributed by atoms with Crippen molar-refractivity contribution >= 4 is 29.2 Å². The summed E-state index contributed by atoms with van der Waals surface area (Å²) in [6.07, 6.45) is 5.60. The second-order valence-electron chi connectivity index (χ2n) is 22.1. The monoisotopic (exact) mass is 1000 g/mol. The van der Waals surface area contributed by atoms with Crippen molar-refractivity contribution in [1.29, 1.82) is 0 Å². The van der Waals surface area contributed by atoms with Gasteiger partial charge in [-0.05, 0) is 125 Å². The summed E-state index contributed by atoms with van der Waals surface area (Å²) >= 11 is 0. The Labute approximate surface area is 423 Å². The van der Waals surface area contributed by atoms with Crippen molar-refractivity contribution in [1.82, 2.24) is 19.9 Å². The van der Waals surface area contributed by atoms with E-state index in [1.165, 1.54) is 0 Å². The first-order valence-electron chi connectivity index (χ1n) is 26.5. The molecular formula is C53H75N7O12. The average molecular weight is 1000 g/mol. The molecule has 0 radical (unpaired) electrons. The van der Waals surface area contributed by atoms with Gasteiger partial charge in [-0.15, -0.1) is 0 Å². The van der Waals surface area contributed by atoms with Crippen LogP contribution in [0.1, 0.15) is 92.9 Å². The summed E-state index contributed by atoms with van der Waals surface area (Å²) in [5.74, 6) is 2.87. The summed E-state index contributed by atoms with van der Waals surface area (Å²) < 4.78 is 51.1. The van der Waals surface area contributed by atoms with Crippen LogP contribution in [-0.2, 0) is 48.0 Å². The van der Waals surface area contributed by atoms with Crippen LogP contribution in [0.4, 0.5) is 29.2 Å². The number of methoxy groups -OCH3 is 2. The van der Waals surface area contributed by atoms with Crippen molar-refractivity contribution < 1.29 is 57.4 Å². The first kappa shape index (κ1) is 50.2. The van der Waals surface area contributed by atoms with Gasteiger partial charge in [0.2, 0.25) is 29.4 Å². The van der Waals surface area contributed by atoms with Crippen molar-refractivity contribution in [2.45, 2.75) is 141 Å². The topological polar surface area (TPSA) is 189 Å². The third-order valence-corrected chi connectivity index (χ3v) is 17.6. The van der Waals surface area contributed by atoms with Crippen molar-refractivity contribution in [3.63, 3.8) is 0 Å². The molecule has 2 spiro atoms. The molecule has 1 aromatic heterocycles. The number of nitrogens with zero attached hydrogens (tertiary/aromatic N) is 4. The van der Waals surface area contributed by atoms with Gasteiger partial charge < -0.3 is 53.8 Å². The Morgan fingerprint density at radius 1 is 0.556 bits per heavy atom.